The molecular weight excluding hydrogens is 222 g/mol. The van der Waals surface area contributed by atoms with Crippen molar-refractivity contribution < 1.29 is 13.6 Å². The molecule has 0 aliphatic heterocycles. The maximum Gasteiger partial charge on any atom is 0.249 e. The largest absolute Gasteiger partial charge is 0.300 e. The molecule has 3 fully saturated rings. The summed E-state index contributed by atoms with van der Waals surface area (Å²) in [5.41, 5.74) is 0.276. The molecule has 0 N–H and O–H groups in total. The van der Waals surface area contributed by atoms with E-state index in [1.165, 1.54) is 0 Å². The van der Waals surface area contributed by atoms with E-state index in [4.69, 9.17) is 0 Å². The predicted octanol–water partition coefficient (Wildman–Crippen LogP) is 4.21. The first-order valence-corrected chi connectivity index (χ1v) is 6.72. The number of ketones is 1. The van der Waals surface area contributed by atoms with Gasteiger partial charge in [0.05, 0.1) is 0 Å². The van der Waals surface area contributed by atoms with Crippen molar-refractivity contribution in [2.24, 2.45) is 16.7 Å². The minimum atomic E-state index is -2.38. The predicted molar refractivity (Wildman–Crippen MR) is 63.0 cm³/mol. The van der Waals surface area contributed by atoms with E-state index >= 15 is 0 Å². The van der Waals surface area contributed by atoms with E-state index in [9.17, 15) is 13.6 Å². The van der Waals surface area contributed by atoms with E-state index in [0.29, 0.717) is 5.41 Å². The van der Waals surface area contributed by atoms with Crippen LogP contribution >= 0.6 is 0 Å². The summed E-state index contributed by atoms with van der Waals surface area (Å²) < 4.78 is 25.6. The number of Topliss-reactive ketones (excluding diaryl/α,β-unsaturated/α-hetero) is 1. The Bertz CT molecular complexity index is 311. The SMILES string of the molecule is CC.CC(=O)C1CC2(C1)CC1(CC(F)(F)C1)C2. The van der Waals surface area contributed by atoms with Crippen LogP contribution < -0.4 is 0 Å². The highest BCUT2D eigenvalue weighted by Crippen LogP contribution is 2.74. The first-order valence-electron chi connectivity index (χ1n) is 6.72. The second-order valence-electron chi connectivity index (χ2n) is 6.28. The van der Waals surface area contributed by atoms with Crippen LogP contribution in [0.3, 0.4) is 0 Å². The van der Waals surface area contributed by atoms with Crippen molar-refractivity contribution in [3.63, 3.8) is 0 Å². The number of halogens is 2. The molecule has 0 atom stereocenters. The van der Waals surface area contributed by atoms with E-state index in [-0.39, 0.29) is 30.0 Å². The summed E-state index contributed by atoms with van der Waals surface area (Å²) in [7, 11) is 0. The van der Waals surface area contributed by atoms with Crippen LogP contribution in [0.25, 0.3) is 0 Å². The van der Waals surface area contributed by atoms with Gasteiger partial charge < -0.3 is 0 Å². The molecule has 3 heteroatoms. The standard InChI is InChI=1S/C12H16F2O.C2H6/c1-8(15)9-2-10(3-9)4-11(5-10)6-12(13,14)7-11;1-2/h9H,2-7H2,1H3;1-2H3. The fourth-order valence-corrected chi connectivity index (χ4v) is 4.40. The van der Waals surface area contributed by atoms with E-state index in [2.05, 4.69) is 0 Å². The van der Waals surface area contributed by atoms with Gasteiger partial charge in [-0.15, -0.1) is 0 Å². The number of carbonyl (C=O) groups is 1. The van der Waals surface area contributed by atoms with Crippen LogP contribution in [0.2, 0.25) is 0 Å². The number of rotatable bonds is 1. The minimum absolute atomic E-state index is 0.0226. The molecule has 0 bridgehead atoms. The molecule has 1 nitrogen and oxygen atoms in total. The van der Waals surface area contributed by atoms with Crippen LogP contribution in [0.15, 0.2) is 0 Å². The van der Waals surface area contributed by atoms with Crippen LogP contribution in [0.4, 0.5) is 8.78 Å². The Kier molecular flexibility index (Phi) is 2.87. The van der Waals surface area contributed by atoms with Gasteiger partial charge in [-0.25, -0.2) is 8.78 Å². The first-order chi connectivity index (χ1) is 7.84. The highest BCUT2D eigenvalue weighted by molar-refractivity contribution is 5.79. The zero-order valence-electron chi connectivity index (χ0n) is 11.0. The Balaban J connectivity index is 0.000000514. The second-order valence-corrected chi connectivity index (χ2v) is 6.28. The lowest BCUT2D eigenvalue weighted by atomic mass is 9.37. The topological polar surface area (TPSA) is 17.1 Å². The third kappa shape index (κ3) is 2.02. The van der Waals surface area contributed by atoms with Crippen LogP contribution in [0.5, 0.6) is 0 Å². The molecule has 3 rings (SSSR count). The van der Waals surface area contributed by atoms with Crippen LogP contribution in [-0.4, -0.2) is 11.7 Å². The Labute approximate surface area is 102 Å². The highest BCUT2D eigenvalue weighted by atomic mass is 19.3. The summed E-state index contributed by atoms with van der Waals surface area (Å²) in [6.45, 7) is 5.64. The Morgan fingerprint density at radius 2 is 1.47 bits per heavy atom. The van der Waals surface area contributed by atoms with Crippen LogP contribution in [-0.2, 0) is 4.79 Å². The van der Waals surface area contributed by atoms with Gasteiger partial charge in [-0.05, 0) is 43.4 Å². The maximum absolute atomic E-state index is 12.8. The monoisotopic (exact) mass is 244 g/mol. The lowest BCUT2D eigenvalue weighted by Crippen LogP contribution is -2.62. The third-order valence-corrected chi connectivity index (χ3v) is 4.70. The van der Waals surface area contributed by atoms with Crippen molar-refractivity contribution in [1.29, 1.82) is 0 Å². The molecule has 3 aliphatic carbocycles. The third-order valence-electron chi connectivity index (χ3n) is 4.70. The average molecular weight is 244 g/mol. The van der Waals surface area contributed by atoms with Gasteiger partial charge in [0.1, 0.15) is 5.78 Å². The molecule has 0 unspecified atom stereocenters. The molecule has 0 amide bonds. The molecule has 17 heavy (non-hydrogen) atoms. The van der Waals surface area contributed by atoms with Crippen LogP contribution in [0.1, 0.15) is 59.3 Å². The van der Waals surface area contributed by atoms with Gasteiger partial charge in [0.2, 0.25) is 5.92 Å². The van der Waals surface area contributed by atoms with Crippen molar-refractivity contribution >= 4 is 5.78 Å². The second kappa shape index (κ2) is 3.76. The van der Waals surface area contributed by atoms with Gasteiger partial charge >= 0.3 is 0 Å². The van der Waals surface area contributed by atoms with Gasteiger partial charge in [-0.2, -0.15) is 0 Å². The molecule has 3 saturated carbocycles. The smallest absolute Gasteiger partial charge is 0.249 e. The Hall–Kier alpha value is -0.470. The molecule has 0 saturated heterocycles. The van der Waals surface area contributed by atoms with E-state index in [0.717, 1.165) is 25.7 Å². The van der Waals surface area contributed by atoms with E-state index in [1.807, 2.05) is 13.8 Å². The van der Waals surface area contributed by atoms with Crippen molar-refractivity contribution in [1.82, 2.24) is 0 Å². The number of carbonyl (C=O) groups excluding carboxylic acids is 1. The normalized spacial score (nSPS) is 30.6. The summed E-state index contributed by atoms with van der Waals surface area (Å²) in [4.78, 5) is 11.1. The number of hydrogen-bond donors (Lipinski definition) is 0. The van der Waals surface area contributed by atoms with E-state index in [1.54, 1.807) is 6.92 Å². The number of alkyl halides is 2. The molecule has 98 valence electrons. The highest BCUT2D eigenvalue weighted by Gasteiger charge is 2.69. The molecular formula is C14H22F2O. The van der Waals surface area contributed by atoms with E-state index < -0.39 is 5.92 Å². The molecule has 0 aromatic carbocycles. The lowest BCUT2D eigenvalue weighted by Gasteiger charge is -2.68. The van der Waals surface area contributed by atoms with Crippen molar-refractivity contribution in [3.8, 4) is 0 Å². The minimum Gasteiger partial charge on any atom is -0.300 e. The molecule has 3 aliphatic rings. The molecule has 2 spiro atoms. The summed E-state index contributed by atoms with van der Waals surface area (Å²) in [5.74, 6) is -1.87. The summed E-state index contributed by atoms with van der Waals surface area (Å²) >= 11 is 0. The van der Waals surface area contributed by atoms with Crippen LogP contribution in [0, 0.1) is 16.7 Å². The maximum atomic E-state index is 12.8. The van der Waals surface area contributed by atoms with Gasteiger partial charge in [0.25, 0.3) is 0 Å². The molecule has 0 aromatic heterocycles. The van der Waals surface area contributed by atoms with Crippen molar-refractivity contribution in [2.45, 2.75) is 65.2 Å². The Morgan fingerprint density at radius 3 is 1.82 bits per heavy atom. The summed E-state index contributed by atoms with van der Waals surface area (Å²) in [6, 6.07) is 0. The first kappa shape index (κ1) is 13.0. The number of hydrogen-bond acceptors (Lipinski definition) is 1. The van der Waals surface area contributed by atoms with Crippen molar-refractivity contribution in [2.75, 3.05) is 0 Å². The van der Waals surface area contributed by atoms with Crippen molar-refractivity contribution in [3.05, 3.63) is 0 Å². The fraction of sp³-hybridized carbons (Fsp3) is 0.929. The van der Waals surface area contributed by atoms with Gasteiger partial charge in [-0.1, -0.05) is 13.8 Å². The molecule has 0 heterocycles. The Morgan fingerprint density at radius 1 is 1.00 bits per heavy atom. The zero-order valence-corrected chi connectivity index (χ0v) is 11.0. The summed E-state index contributed by atoms with van der Waals surface area (Å²) in [6.07, 6.45) is 4.06. The van der Waals surface area contributed by atoms with Gasteiger partial charge in [-0.3, -0.25) is 4.79 Å². The summed E-state index contributed by atoms with van der Waals surface area (Å²) in [5, 5.41) is 0. The average Bonchev–Trinajstić information content (AvgIpc) is 2.08. The quantitative estimate of drug-likeness (QED) is 0.675. The fourth-order valence-electron chi connectivity index (χ4n) is 4.40. The molecule has 0 aromatic rings. The zero-order chi connectivity index (χ0) is 12.9. The van der Waals surface area contributed by atoms with Gasteiger partial charge in [0, 0.05) is 18.8 Å². The molecule has 0 radical (unpaired) electrons. The van der Waals surface area contributed by atoms with Gasteiger partial charge in [0.15, 0.2) is 0 Å². The lowest BCUT2D eigenvalue weighted by molar-refractivity contribution is -0.253.